The van der Waals surface area contributed by atoms with Gasteiger partial charge >= 0.3 is 12.0 Å². The molecule has 0 saturated carbocycles. The summed E-state index contributed by atoms with van der Waals surface area (Å²) in [5, 5.41) is 6.06. The molecule has 3 aliphatic heterocycles. The number of benzene rings is 2. The van der Waals surface area contributed by atoms with Crippen LogP contribution < -0.4 is 20.1 Å². The molecule has 0 saturated heterocycles. The van der Waals surface area contributed by atoms with E-state index < -0.39 is 23.9 Å². The van der Waals surface area contributed by atoms with E-state index >= 15 is 0 Å². The highest BCUT2D eigenvalue weighted by molar-refractivity contribution is 6.30. The molecule has 2 aromatic rings. The third-order valence-corrected chi connectivity index (χ3v) is 5.58. The smallest absolute Gasteiger partial charge is 0.338 e. The van der Waals surface area contributed by atoms with E-state index in [9.17, 15) is 14.4 Å². The monoisotopic (exact) mass is 455 g/mol. The SMILES string of the molecule is O=C(CN1C(=O)NC(c2ccc(Cl)cc2)C2=C1COC2=O)Nc1ccc2c(c1)OCCO2. The lowest BCUT2D eigenvalue weighted by Gasteiger charge is -2.32. The van der Waals surface area contributed by atoms with Crippen LogP contribution in [-0.2, 0) is 14.3 Å². The number of urea groups is 1. The zero-order valence-corrected chi connectivity index (χ0v) is 17.5. The summed E-state index contributed by atoms with van der Waals surface area (Å²) in [5.74, 6) is 0.176. The quantitative estimate of drug-likeness (QED) is 0.686. The maximum Gasteiger partial charge on any atom is 0.338 e. The van der Waals surface area contributed by atoms with Crippen molar-refractivity contribution in [2.75, 3.05) is 31.7 Å². The summed E-state index contributed by atoms with van der Waals surface area (Å²) in [5.41, 5.74) is 1.87. The number of ether oxygens (including phenoxy) is 3. The van der Waals surface area contributed by atoms with Gasteiger partial charge in [-0.05, 0) is 29.8 Å². The largest absolute Gasteiger partial charge is 0.486 e. The number of amides is 3. The molecule has 32 heavy (non-hydrogen) atoms. The molecule has 1 atom stereocenters. The average Bonchev–Trinajstić information content (AvgIpc) is 3.17. The van der Waals surface area contributed by atoms with Gasteiger partial charge in [0.1, 0.15) is 26.4 Å². The normalized spacial score (nSPS) is 19.3. The third kappa shape index (κ3) is 3.71. The van der Waals surface area contributed by atoms with E-state index in [4.69, 9.17) is 25.8 Å². The molecule has 0 radical (unpaired) electrons. The molecule has 10 heteroatoms. The van der Waals surface area contributed by atoms with Gasteiger partial charge in [-0.1, -0.05) is 23.7 Å². The molecule has 3 amide bonds. The Hall–Kier alpha value is -3.72. The van der Waals surface area contributed by atoms with Crippen LogP contribution in [0.25, 0.3) is 0 Å². The molecule has 0 aliphatic carbocycles. The molecule has 0 fully saturated rings. The van der Waals surface area contributed by atoms with Gasteiger partial charge in [0, 0.05) is 16.8 Å². The highest BCUT2D eigenvalue weighted by Gasteiger charge is 2.42. The maximum absolute atomic E-state index is 12.8. The Kier molecular flexibility index (Phi) is 5.10. The van der Waals surface area contributed by atoms with Crippen LogP contribution in [0.2, 0.25) is 5.02 Å². The molecule has 0 spiro atoms. The molecule has 3 heterocycles. The number of carbonyl (C=O) groups is 3. The average molecular weight is 456 g/mol. The number of carbonyl (C=O) groups excluding carboxylic acids is 3. The Balaban J connectivity index is 1.36. The number of esters is 1. The van der Waals surface area contributed by atoms with Crippen LogP contribution in [0.5, 0.6) is 11.5 Å². The molecule has 164 valence electrons. The van der Waals surface area contributed by atoms with Crippen molar-refractivity contribution < 1.29 is 28.6 Å². The van der Waals surface area contributed by atoms with Crippen molar-refractivity contribution in [3.8, 4) is 11.5 Å². The van der Waals surface area contributed by atoms with Gasteiger partial charge < -0.3 is 24.8 Å². The lowest BCUT2D eigenvalue weighted by Crippen LogP contribution is -2.49. The number of nitrogens with one attached hydrogen (secondary N) is 2. The van der Waals surface area contributed by atoms with Gasteiger partial charge in [-0.3, -0.25) is 9.69 Å². The number of nitrogens with zero attached hydrogens (tertiary/aromatic N) is 1. The second-order valence-electron chi connectivity index (χ2n) is 7.36. The number of anilines is 1. The second kappa shape index (κ2) is 8.08. The lowest BCUT2D eigenvalue weighted by atomic mass is 9.96. The molecule has 5 rings (SSSR count). The molecule has 1 unspecified atom stereocenters. The van der Waals surface area contributed by atoms with Gasteiger partial charge in [0.2, 0.25) is 5.91 Å². The van der Waals surface area contributed by atoms with Crippen LogP contribution in [0.3, 0.4) is 0 Å². The number of hydrogen-bond donors (Lipinski definition) is 2. The fraction of sp³-hybridized carbons (Fsp3) is 0.227. The van der Waals surface area contributed by atoms with E-state index in [0.717, 1.165) is 0 Å². The molecular weight excluding hydrogens is 438 g/mol. The number of cyclic esters (lactones) is 1. The van der Waals surface area contributed by atoms with Crippen LogP contribution >= 0.6 is 11.6 Å². The summed E-state index contributed by atoms with van der Waals surface area (Å²) in [6.45, 7) is 0.530. The van der Waals surface area contributed by atoms with Crippen molar-refractivity contribution in [2.24, 2.45) is 0 Å². The first kappa shape index (κ1) is 20.2. The van der Waals surface area contributed by atoms with Crippen molar-refractivity contribution in [1.29, 1.82) is 0 Å². The summed E-state index contributed by atoms with van der Waals surface area (Å²) in [6, 6.07) is 10.7. The summed E-state index contributed by atoms with van der Waals surface area (Å²) in [4.78, 5) is 39.2. The maximum atomic E-state index is 12.8. The predicted octanol–water partition coefficient (Wildman–Crippen LogP) is 2.63. The van der Waals surface area contributed by atoms with Crippen LogP contribution in [0.1, 0.15) is 11.6 Å². The van der Waals surface area contributed by atoms with Crippen molar-refractivity contribution >= 4 is 35.2 Å². The Bertz CT molecular complexity index is 1150. The molecule has 0 bridgehead atoms. The summed E-state index contributed by atoms with van der Waals surface area (Å²) >= 11 is 5.95. The van der Waals surface area contributed by atoms with E-state index in [1.165, 1.54) is 4.90 Å². The van der Waals surface area contributed by atoms with E-state index in [0.29, 0.717) is 52.3 Å². The van der Waals surface area contributed by atoms with Crippen LogP contribution in [0.4, 0.5) is 10.5 Å². The van der Waals surface area contributed by atoms with Gasteiger partial charge in [0.15, 0.2) is 11.5 Å². The summed E-state index contributed by atoms with van der Waals surface area (Å²) < 4.78 is 16.2. The van der Waals surface area contributed by atoms with E-state index in [-0.39, 0.29) is 13.2 Å². The fourth-order valence-corrected chi connectivity index (χ4v) is 3.97. The lowest BCUT2D eigenvalue weighted by molar-refractivity contribution is -0.136. The minimum absolute atomic E-state index is 0.0804. The van der Waals surface area contributed by atoms with Gasteiger partial charge in [-0.15, -0.1) is 0 Å². The fourth-order valence-electron chi connectivity index (χ4n) is 3.85. The van der Waals surface area contributed by atoms with Crippen LogP contribution in [0, 0.1) is 0 Å². The molecule has 2 aromatic carbocycles. The first-order valence-electron chi connectivity index (χ1n) is 9.93. The van der Waals surface area contributed by atoms with Gasteiger partial charge in [0.05, 0.1) is 17.3 Å². The van der Waals surface area contributed by atoms with Crippen molar-refractivity contribution in [2.45, 2.75) is 6.04 Å². The molecule has 0 aromatic heterocycles. The standard InChI is InChI=1S/C22H18ClN3O6/c23-13-3-1-12(2-4-13)20-19-15(11-32-21(19)28)26(22(29)25-20)10-18(27)24-14-5-6-16-17(9-14)31-8-7-30-16/h1-6,9,20H,7-8,10-11H2,(H,24,27)(H,25,29). The minimum Gasteiger partial charge on any atom is -0.486 e. The summed E-state index contributed by atoms with van der Waals surface area (Å²) in [6.07, 6.45) is 0. The van der Waals surface area contributed by atoms with Crippen molar-refractivity contribution in [1.82, 2.24) is 10.2 Å². The van der Waals surface area contributed by atoms with Gasteiger partial charge in [0.25, 0.3) is 0 Å². The predicted molar refractivity (Wildman–Crippen MR) is 113 cm³/mol. The molecule has 9 nitrogen and oxygen atoms in total. The minimum atomic E-state index is -0.679. The number of fused-ring (bicyclic) bond motifs is 1. The Morgan fingerprint density at radius 3 is 2.59 bits per heavy atom. The molecular formula is C22H18ClN3O6. The van der Waals surface area contributed by atoms with Gasteiger partial charge in [-0.25, -0.2) is 9.59 Å². The molecule has 3 aliphatic rings. The first-order chi connectivity index (χ1) is 15.5. The highest BCUT2D eigenvalue weighted by atomic mass is 35.5. The Morgan fingerprint density at radius 1 is 1.06 bits per heavy atom. The first-order valence-corrected chi connectivity index (χ1v) is 10.3. The van der Waals surface area contributed by atoms with E-state index in [1.807, 2.05) is 0 Å². The van der Waals surface area contributed by atoms with Gasteiger partial charge in [-0.2, -0.15) is 0 Å². The molecule has 2 N–H and O–H groups in total. The highest BCUT2D eigenvalue weighted by Crippen LogP contribution is 2.36. The second-order valence-corrected chi connectivity index (χ2v) is 7.80. The van der Waals surface area contributed by atoms with Crippen LogP contribution in [0.15, 0.2) is 53.7 Å². The van der Waals surface area contributed by atoms with Crippen molar-refractivity contribution in [3.63, 3.8) is 0 Å². The van der Waals surface area contributed by atoms with E-state index in [2.05, 4.69) is 10.6 Å². The number of halogens is 1. The third-order valence-electron chi connectivity index (χ3n) is 5.33. The zero-order chi connectivity index (χ0) is 22.2. The van der Waals surface area contributed by atoms with Crippen LogP contribution in [-0.4, -0.2) is 49.2 Å². The zero-order valence-electron chi connectivity index (χ0n) is 16.7. The summed E-state index contributed by atoms with van der Waals surface area (Å²) in [7, 11) is 0. The number of hydrogen-bond acceptors (Lipinski definition) is 6. The Labute approximate surface area is 187 Å². The Morgan fingerprint density at radius 2 is 1.81 bits per heavy atom. The number of rotatable bonds is 4. The topological polar surface area (TPSA) is 106 Å². The van der Waals surface area contributed by atoms with Crippen molar-refractivity contribution in [3.05, 3.63) is 64.3 Å². The van der Waals surface area contributed by atoms with E-state index in [1.54, 1.807) is 42.5 Å².